The summed E-state index contributed by atoms with van der Waals surface area (Å²) in [5.41, 5.74) is 1.19. The zero-order valence-corrected chi connectivity index (χ0v) is 10.6. The van der Waals surface area contributed by atoms with Crippen molar-refractivity contribution in [1.29, 1.82) is 0 Å². The average Bonchev–Trinajstić information content (AvgIpc) is 2.96. The first kappa shape index (κ1) is 11.7. The van der Waals surface area contributed by atoms with Crippen LogP contribution in [0.25, 0.3) is 0 Å². The molecule has 2 rings (SSSR count). The Hall–Kier alpha value is -0.730. The Balaban J connectivity index is 2.59. The van der Waals surface area contributed by atoms with Crippen LogP contribution in [0.1, 0.15) is 43.7 Å². The van der Waals surface area contributed by atoms with Gasteiger partial charge in [-0.1, -0.05) is 25.4 Å². The molecule has 0 unspecified atom stereocenters. The standard InChI is InChI=1S/C13H17ClO2/c1-8(2)10-6-9(14)7-11(12(10)16-3)13(15)4-5-13/h6-8,15H,4-5H2,1-3H3. The average molecular weight is 241 g/mol. The van der Waals surface area contributed by atoms with Crippen LogP contribution in [0.15, 0.2) is 12.1 Å². The van der Waals surface area contributed by atoms with Gasteiger partial charge in [0.1, 0.15) is 5.75 Å². The quantitative estimate of drug-likeness (QED) is 0.877. The summed E-state index contributed by atoms with van der Waals surface area (Å²) in [5.74, 6) is 1.12. The number of hydrogen-bond acceptors (Lipinski definition) is 2. The SMILES string of the molecule is COc1c(C(C)C)cc(Cl)cc1C1(O)CC1. The zero-order chi connectivity index (χ0) is 11.9. The molecule has 0 atom stereocenters. The molecule has 0 heterocycles. The van der Waals surface area contributed by atoms with Crippen molar-refractivity contribution in [1.82, 2.24) is 0 Å². The molecule has 1 aromatic carbocycles. The highest BCUT2D eigenvalue weighted by Crippen LogP contribution is 2.51. The number of rotatable bonds is 3. The maximum Gasteiger partial charge on any atom is 0.128 e. The van der Waals surface area contributed by atoms with Crippen molar-refractivity contribution in [3.05, 3.63) is 28.3 Å². The van der Waals surface area contributed by atoms with Gasteiger partial charge >= 0.3 is 0 Å². The van der Waals surface area contributed by atoms with E-state index in [2.05, 4.69) is 13.8 Å². The van der Waals surface area contributed by atoms with E-state index in [4.69, 9.17) is 16.3 Å². The lowest BCUT2D eigenvalue weighted by atomic mass is 9.96. The molecule has 1 aromatic rings. The van der Waals surface area contributed by atoms with E-state index in [1.54, 1.807) is 7.11 Å². The van der Waals surface area contributed by atoms with Crippen molar-refractivity contribution in [3.63, 3.8) is 0 Å². The second-order valence-electron chi connectivity index (χ2n) is 4.76. The van der Waals surface area contributed by atoms with Crippen LogP contribution in [0.5, 0.6) is 5.75 Å². The summed E-state index contributed by atoms with van der Waals surface area (Å²) in [4.78, 5) is 0. The second-order valence-corrected chi connectivity index (χ2v) is 5.20. The minimum atomic E-state index is -0.708. The van der Waals surface area contributed by atoms with E-state index in [1.165, 1.54) is 0 Å². The lowest BCUT2D eigenvalue weighted by Gasteiger charge is -2.19. The molecule has 3 heteroatoms. The Kier molecular flexibility index (Phi) is 2.89. The number of halogens is 1. The van der Waals surface area contributed by atoms with Crippen molar-refractivity contribution < 1.29 is 9.84 Å². The van der Waals surface area contributed by atoms with Crippen molar-refractivity contribution in [2.75, 3.05) is 7.11 Å². The molecule has 0 aliphatic heterocycles. The van der Waals surface area contributed by atoms with Gasteiger partial charge in [0.15, 0.2) is 0 Å². The van der Waals surface area contributed by atoms with Gasteiger partial charge in [-0.3, -0.25) is 0 Å². The van der Waals surface area contributed by atoms with Crippen LogP contribution in [0.2, 0.25) is 5.02 Å². The molecular formula is C13H17ClO2. The number of aliphatic hydroxyl groups is 1. The first-order valence-corrected chi connectivity index (χ1v) is 5.96. The Morgan fingerprint density at radius 2 is 2.00 bits per heavy atom. The highest BCUT2D eigenvalue weighted by atomic mass is 35.5. The van der Waals surface area contributed by atoms with Crippen molar-refractivity contribution in [2.45, 2.75) is 38.2 Å². The number of methoxy groups -OCH3 is 1. The fourth-order valence-corrected chi connectivity index (χ4v) is 2.23. The zero-order valence-electron chi connectivity index (χ0n) is 9.88. The second kappa shape index (κ2) is 3.94. The monoisotopic (exact) mass is 240 g/mol. The molecule has 1 aliphatic carbocycles. The first-order chi connectivity index (χ1) is 7.48. The molecule has 0 bridgehead atoms. The van der Waals surface area contributed by atoms with Crippen molar-refractivity contribution >= 4 is 11.6 Å². The Labute approximate surface area is 101 Å². The van der Waals surface area contributed by atoms with Gasteiger partial charge in [-0.2, -0.15) is 0 Å². The Bertz CT molecular complexity index is 409. The number of benzene rings is 1. The number of hydrogen-bond donors (Lipinski definition) is 1. The van der Waals surface area contributed by atoms with Gasteiger partial charge in [-0.15, -0.1) is 0 Å². The van der Waals surface area contributed by atoms with Crippen LogP contribution in [-0.4, -0.2) is 12.2 Å². The van der Waals surface area contributed by atoms with Crippen LogP contribution in [0, 0.1) is 0 Å². The Morgan fingerprint density at radius 1 is 1.38 bits per heavy atom. The third-order valence-electron chi connectivity index (χ3n) is 3.13. The molecule has 0 spiro atoms. The molecule has 1 aliphatic rings. The maximum absolute atomic E-state index is 10.2. The van der Waals surface area contributed by atoms with Gasteiger partial charge in [0.25, 0.3) is 0 Å². The van der Waals surface area contributed by atoms with Crippen LogP contribution >= 0.6 is 11.6 Å². The van der Waals surface area contributed by atoms with E-state index in [9.17, 15) is 5.11 Å². The fourth-order valence-electron chi connectivity index (χ4n) is 2.00. The molecule has 1 fully saturated rings. The molecule has 88 valence electrons. The van der Waals surface area contributed by atoms with Gasteiger partial charge in [0.2, 0.25) is 0 Å². The van der Waals surface area contributed by atoms with Crippen LogP contribution < -0.4 is 4.74 Å². The minimum absolute atomic E-state index is 0.328. The normalized spacial score (nSPS) is 17.6. The lowest BCUT2D eigenvalue weighted by molar-refractivity contribution is 0.147. The van der Waals surface area contributed by atoms with E-state index >= 15 is 0 Å². The highest BCUT2D eigenvalue weighted by Gasteiger charge is 2.45. The van der Waals surface area contributed by atoms with Crippen molar-refractivity contribution in [2.24, 2.45) is 0 Å². The van der Waals surface area contributed by atoms with Gasteiger partial charge in [-0.05, 0) is 36.5 Å². The smallest absolute Gasteiger partial charge is 0.128 e. The maximum atomic E-state index is 10.2. The molecule has 0 aromatic heterocycles. The molecule has 1 N–H and O–H groups in total. The Morgan fingerprint density at radius 3 is 2.44 bits per heavy atom. The topological polar surface area (TPSA) is 29.5 Å². The summed E-state index contributed by atoms with van der Waals surface area (Å²) in [6, 6.07) is 3.74. The van der Waals surface area contributed by atoms with E-state index < -0.39 is 5.60 Å². The van der Waals surface area contributed by atoms with Gasteiger partial charge in [-0.25, -0.2) is 0 Å². The largest absolute Gasteiger partial charge is 0.496 e. The van der Waals surface area contributed by atoms with E-state index in [0.29, 0.717) is 10.9 Å². The predicted octanol–water partition coefficient (Wildman–Crippen LogP) is 3.45. The fraction of sp³-hybridized carbons (Fsp3) is 0.538. The summed E-state index contributed by atoms with van der Waals surface area (Å²) in [6.07, 6.45) is 1.59. The molecule has 1 saturated carbocycles. The lowest BCUT2D eigenvalue weighted by Crippen LogP contribution is -2.09. The summed E-state index contributed by atoms with van der Waals surface area (Å²) in [7, 11) is 1.64. The van der Waals surface area contributed by atoms with E-state index in [-0.39, 0.29) is 0 Å². The van der Waals surface area contributed by atoms with Crippen LogP contribution in [0.3, 0.4) is 0 Å². The summed E-state index contributed by atoms with van der Waals surface area (Å²) in [6.45, 7) is 4.18. The molecule has 0 radical (unpaired) electrons. The summed E-state index contributed by atoms with van der Waals surface area (Å²) >= 11 is 6.09. The van der Waals surface area contributed by atoms with Gasteiger partial charge in [0.05, 0.1) is 12.7 Å². The predicted molar refractivity (Wildman–Crippen MR) is 65.2 cm³/mol. The van der Waals surface area contributed by atoms with Crippen LogP contribution in [-0.2, 0) is 5.60 Å². The third kappa shape index (κ3) is 1.92. The van der Waals surface area contributed by atoms with E-state index in [1.807, 2.05) is 12.1 Å². The molecule has 0 amide bonds. The highest BCUT2D eigenvalue weighted by molar-refractivity contribution is 6.30. The van der Waals surface area contributed by atoms with Gasteiger partial charge in [0, 0.05) is 10.6 Å². The van der Waals surface area contributed by atoms with Gasteiger partial charge < -0.3 is 9.84 Å². The van der Waals surface area contributed by atoms with Crippen LogP contribution in [0.4, 0.5) is 0 Å². The molecule has 0 saturated heterocycles. The molecular weight excluding hydrogens is 224 g/mol. The van der Waals surface area contributed by atoms with E-state index in [0.717, 1.165) is 29.7 Å². The molecule has 2 nitrogen and oxygen atoms in total. The summed E-state index contributed by atoms with van der Waals surface area (Å²) in [5, 5.41) is 10.9. The summed E-state index contributed by atoms with van der Waals surface area (Å²) < 4.78 is 5.44. The van der Waals surface area contributed by atoms with Crippen molar-refractivity contribution in [3.8, 4) is 5.75 Å². The third-order valence-corrected chi connectivity index (χ3v) is 3.35. The minimum Gasteiger partial charge on any atom is -0.496 e. The molecule has 16 heavy (non-hydrogen) atoms. The number of ether oxygens (including phenoxy) is 1. The first-order valence-electron chi connectivity index (χ1n) is 5.58.